The summed E-state index contributed by atoms with van der Waals surface area (Å²) in [5, 5.41) is 13.4. The molecule has 0 bridgehead atoms. The number of rotatable bonds is 6. The van der Waals surface area contributed by atoms with E-state index in [4.69, 9.17) is 4.74 Å². The van der Waals surface area contributed by atoms with E-state index in [1.165, 1.54) is 11.3 Å². The molecule has 8 heteroatoms. The first-order valence-corrected chi connectivity index (χ1v) is 8.37. The highest BCUT2D eigenvalue weighted by Crippen LogP contribution is 2.42. The Kier molecular flexibility index (Phi) is 4.05. The number of nitro groups is 1. The smallest absolute Gasteiger partial charge is 0.373 e. The van der Waals surface area contributed by atoms with Gasteiger partial charge in [-0.3, -0.25) is 0 Å². The minimum Gasteiger partial charge on any atom is -0.382 e. The summed E-state index contributed by atoms with van der Waals surface area (Å²) in [4.78, 5) is 18.6. The first kappa shape index (κ1) is 15.2. The van der Waals surface area contributed by atoms with Crippen molar-refractivity contribution in [2.45, 2.75) is 38.1 Å². The van der Waals surface area contributed by atoms with E-state index in [0.29, 0.717) is 17.4 Å². The molecule has 1 aliphatic heterocycles. The maximum Gasteiger partial charge on any atom is 0.373 e. The van der Waals surface area contributed by atoms with Crippen molar-refractivity contribution in [2.24, 2.45) is 0 Å². The summed E-state index contributed by atoms with van der Waals surface area (Å²) >= 11 is 1.41. The number of imidazole rings is 1. The van der Waals surface area contributed by atoms with E-state index in [-0.39, 0.29) is 16.3 Å². The largest absolute Gasteiger partial charge is 0.382 e. The van der Waals surface area contributed by atoms with Crippen LogP contribution in [-0.4, -0.2) is 40.1 Å². The molecule has 1 fully saturated rings. The number of aromatic nitrogens is 2. The zero-order valence-corrected chi connectivity index (χ0v) is 13.6. The average molecular weight is 324 g/mol. The lowest BCUT2D eigenvalue weighted by molar-refractivity contribution is -0.389. The molecule has 1 unspecified atom stereocenters. The SMILES string of the molecule is CCCC1(COC)CCCN1c1nc2sccn2c1[N+](=O)[O-]. The van der Waals surface area contributed by atoms with Crippen LogP contribution in [0, 0.1) is 10.1 Å². The third kappa shape index (κ3) is 2.26. The molecule has 1 atom stereocenters. The number of fused-ring (bicyclic) bond motifs is 1. The van der Waals surface area contributed by atoms with Gasteiger partial charge in [-0.2, -0.15) is 9.38 Å². The van der Waals surface area contributed by atoms with Gasteiger partial charge in [0.15, 0.2) is 0 Å². The molecule has 2 aromatic heterocycles. The Bertz CT molecular complexity index is 675. The van der Waals surface area contributed by atoms with Crippen molar-refractivity contribution in [1.29, 1.82) is 0 Å². The monoisotopic (exact) mass is 324 g/mol. The van der Waals surface area contributed by atoms with Gasteiger partial charge in [0.2, 0.25) is 5.82 Å². The van der Waals surface area contributed by atoms with Crippen molar-refractivity contribution in [3.05, 3.63) is 21.7 Å². The molecule has 120 valence electrons. The number of ether oxygens (including phenoxy) is 1. The molecule has 3 rings (SSSR count). The first-order valence-electron chi connectivity index (χ1n) is 7.49. The molecule has 7 nitrogen and oxygen atoms in total. The molecule has 1 saturated heterocycles. The van der Waals surface area contributed by atoms with Crippen LogP contribution < -0.4 is 4.90 Å². The highest BCUT2D eigenvalue weighted by molar-refractivity contribution is 7.15. The van der Waals surface area contributed by atoms with Gasteiger partial charge in [-0.15, -0.1) is 0 Å². The van der Waals surface area contributed by atoms with Crippen LogP contribution in [0.15, 0.2) is 11.6 Å². The van der Waals surface area contributed by atoms with Gasteiger partial charge < -0.3 is 19.8 Å². The summed E-state index contributed by atoms with van der Waals surface area (Å²) in [6.45, 7) is 3.49. The number of thiazole rings is 1. The van der Waals surface area contributed by atoms with Crippen LogP contribution in [0.2, 0.25) is 0 Å². The molecule has 22 heavy (non-hydrogen) atoms. The van der Waals surface area contributed by atoms with Gasteiger partial charge in [0.25, 0.3) is 4.96 Å². The van der Waals surface area contributed by atoms with Gasteiger partial charge in [0.1, 0.15) is 6.20 Å². The lowest BCUT2D eigenvalue weighted by Crippen LogP contribution is -2.48. The lowest BCUT2D eigenvalue weighted by atomic mass is 9.91. The van der Waals surface area contributed by atoms with E-state index in [0.717, 1.165) is 32.2 Å². The Morgan fingerprint density at radius 2 is 2.41 bits per heavy atom. The van der Waals surface area contributed by atoms with Crippen molar-refractivity contribution in [3.63, 3.8) is 0 Å². The molecular formula is C14H20N4O3S. The van der Waals surface area contributed by atoms with Gasteiger partial charge in [-0.25, -0.2) is 0 Å². The third-order valence-electron chi connectivity index (χ3n) is 4.37. The van der Waals surface area contributed by atoms with Crippen molar-refractivity contribution in [1.82, 2.24) is 9.38 Å². The van der Waals surface area contributed by atoms with Crippen LogP contribution in [0.25, 0.3) is 4.96 Å². The van der Waals surface area contributed by atoms with Crippen molar-refractivity contribution in [3.8, 4) is 0 Å². The maximum atomic E-state index is 11.6. The second-order valence-corrected chi connectivity index (χ2v) is 6.61. The molecule has 0 radical (unpaired) electrons. The Morgan fingerprint density at radius 3 is 3.09 bits per heavy atom. The molecule has 1 aliphatic rings. The van der Waals surface area contributed by atoms with E-state index in [1.54, 1.807) is 17.7 Å². The van der Waals surface area contributed by atoms with Gasteiger partial charge in [0.05, 0.1) is 12.1 Å². The Labute approximate surface area is 132 Å². The molecule has 2 aromatic rings. The predicted octanol–water partition coefficient (Wildman–Crippen LogP) is 3.09. The molecule has 0 N–H and O–H groups in total. The zero-order valence-electron chi connectivity index (χ0n) is 12.8. The van der Waals surface area contributed by atoms with Gasteiger partial charge in [-0.05, 0) is 24.2 Å². The second kappa shape index (κ2) is 5.85. The molecule has 0 saturated carbocycles. The number of nitrogens with zero attached hydrogens (tertiary/aromatic N) is 4. The standard InChI is InChI=1S/C14H20N4O3S/c1-3-5-14(10-21-2)6-4-7-17(14)11-12(18(19)20)16-8-9-22-13(16)15-11/h8-9H,3-7,10H2,1-2H3. The topological polar surface area (TPSA) is 72.9 Å². The van der Waals surface area contributed by atoms with E-state index >= 15 is 0 Å². The fraction of sp³-hybridized carbons (Fsp3) is 0.643. The second-order valence-electron chi connectivity index (χ2n) is 5.73. The molecular weight excluding hydrogens is 304 g/mol. The summed E-state index contributed by atoms with van der Waals surface area (Å²) in [6.07, 6.45) is 5.66. The number of methoxy groups -OCH3 is 1. The summed E-state index contributed by atoms with van der Waals surface area (Å²) in [7, 11) is 1.69. The number of hydrogen-bond donors (Lipinski definition) is 0. The van der Waals surface area contributed by atoms with Crippen molar-refractivity contribution >= 4 is 27.9 Å². The fourth-order valence-corrected chi connectivity index (χ4v) is 4.30. The normalized spacial score (nSPS) is 21.8. The average Bonchev–Trinajstić information content (AvgIpc) is 3.11. The van der Waals surface area contributed by atoms with Crippen molar-refractivity contribution < 1.29 is 9.66 Å². The minimum absolute atomic E-state index is 0.0646. The Balaban J connectivity index is 2.10. The fourth-order valence-electron chi connectivity index (χ4n) is 3.60. The summed E-state index contributed by atoms with van der Waals surface area (Å²) in [5.41, 5.74) is -0.182. The molecule has 0 aromatic carbocycles. The molecule has 0 spiro atoms. The first-order chi connectivity index (χ1) is 10.6. The van der Waals surface area contributed by atoms with E-state index in [1.807, 2.05) is 5.38 Å². The van der Waals surface area contributed by atoms with Crippen LogP contribution in [0.1, 0.15) is 32.6 Å². The van der Waals surface area contributed by atoms with E-state index in [9.17, 15) is 10.1 Å². The third-order valence-corrected chi connectivity index (χ3v) is 5.13. The van der Waals surface area contributed by atoms with Crippen LogP contribution in [-0.2, 0) is 4.74 Å². The number of hydrogen-bond acceptors (Lipinski definition) is 6. The Morgan fingerprint density at radius 1 is 1.59 bits per heavy atom. The van der Waals surface area contributed by atoms with Crippen LogP contribution in [0.4, 0.5) is 11.6 Å². The van der Waals surface area contributed by atoms with E-state index < -0.39 is 0 Å². The van der Waals surface area contributed by atoms with Crippen molar-refractivity contribution in [2.75, 3.05) is 25.2 Å². The summed E-state index contributed by atoms with van der Waals surface area (Å²) < 4.78 is 7.02. The molecule has 0 amide bonds. The highest BCUT2D eigenvalue weighted by atomic mass is 32.1. The van der Waals surface area contributed by atoms with Gasteiger partial charge in [-0.1, -0.05) is 24.7 Å². The van der Waals surface area contributed by atoms with Gasteiger partial charge in [0, 0.05) is 19.0 Å². The highest BCUT2D eigenvalue weighted by Gasteiger charge is 2.44. The van der Waals surface area contributed by atoms with Crippen LogP contribution in [0.5, 0.6) is 0 Å². The van der Waals surface area contributed by atoms with Crippen LogP contribution >= 0.6 is 11.3 Å². The van der Waals surface area contributed by atoms with Gasteiger partial charge >= 0.3 is 5.82 Å². The lowest BCUT2D eigenvalue weighted by Gasteiger charge is -2.37. The van der Waals surface area contributed by atoms with Crippen LogP contribution in [0.3, 0.4) is 0 Å². The summed E-state index contributed by atoms with van der Waals surface area (Å²) in [5.74, 6) is 0.551. The predicted molar refractivity (Wildman–Crippen MR) is 85.8 cm³/mol. The Hall–Kier alpha value is -1.67. The summed E-state index contributed by atoms with van der Waals surface area (Å²) in [6, 6.07) is 0. The number of anilines is 1. The molecule has 3 heterocycles. The quantitative estimate of drug-likeness (QED) is 0.603. The van der Waals surface area contributed by atoms with E-state index in [2.05, 4.69) is 16.8 Å². The maximum absolute atomic E-state index is 11.6. The zero-order chi connectivity index (χ0) is 15.7. The minimum atomic E-state index is -0.329. The molecule has 0 aliphatic carbocycles.